The van der Waals surface area contributed by atoms with Gasteiger partial charge in [0.05, 0.1) is 23.3 Å². The molecule has 29 heavy (non-hydrogen) atoms. The van der Waals surface area contributed by atoms with Crippen LogP contribution in [0, 0.1) is 12.8 Å². The lowest BCUT2D eigenvalue weighted by atomic mass is 9.72. The van der Waals surface area contributed by atoms with Crippen molar-refractivity contribution in [3.8, 4) is 0 Å². The molecule has 1 fully saturated rings. The number of nitrogens with one attached hydrogen (secondary N) is 1. The number of nitrogens with zero attached hydrogens (tertiary/aromatic N) is 1. The van der Waals surface area contributed by atoms with Crippen LogP contribution in [0.25, 0.3) is 0 Å². The highest BCUT2D eigenvalue weighted by molar-refractivity contribution is 6.10. The Bertz CT molecular complexity index is 1090. The number of fused-ring (bicyclic) bond motifs is 2. The molecule has 1 heterocycles. The Labute approximate surface area is 171 Å². The Balaban J connectivity index is 1.61. The van der Waals surface area contributed by atoms with Crippen LogP contribution in [0.15, 0.2) is 83.9 Å². The minimum Gasteiger partial charge on any atom is -0.375 e. The molecule has 0 radical (unpaired) electrons. The van der Waals surface area contributed by atoms with Gasteiger partial charge in [-0.15, -0.1) is 0 Å². The molecule has 3 nitrogen and oxygen atoms in total. The van der Waals surface area contributed by atoms with Gasteiger partial charge in [-0.05, 0) is 42.5 Å². The standard InChI is InChI=1S/C26H24N2O/c1-17-8-7-11-19(14-17)26-25-23(27-21-12-5-6-13-22(21)28-26)15-20(16-24(25)29)18-9-3-2-4-10-18/h2-14,20,25-26,28H,15-16H2,1H3. The van der Waals surface area contributed by atoms with Gasteiger partial charge in [-0.25, -0.2) is 0 Å². The summed E-state index contributed by atoms with van der Waals surface area (Å²) in [4.78, 5) is 18.5. The summed E-state index contributed by atoms with van der Waals surface area (Å²) in [5.41, 5.74) is 6.48. The highest BCUT2D eigenvalue weighted by Gasteiger charge is 2.41. The third kappa shape index (κ3) is 3.38. The normalized spacial score (nSPS) is 23.3. The zero-order valence-electron chi connectivity index (χ0n) is 16.5. The Morgan fingerprint density at radius 3 is 2.45 bits per heavy atom. The first kappa shape index (κ1) is 17.9. The molecule has 3 atom stereocenters. The minimum absolute atomic E-state index is 0.0958. The Hall–Kier alpha value is -3.20. The maximum Gasteiger partial charge on any atom is 0.144 e. The van der Waals surface area contributed by atoms with Crippen LogP contribution >= 0.6 is 0 Å². The maximum absolute atomic E-state index is 13.5. The van der Waals surface area contributed by atoms with Crippen LogP contribution in [0.5, 0.6) is 0 Å². The fraction of sp³-hybridized carbons (Fsp3) is 0.231. The van der Waals surface area contributed by atoms with Gasteiger partial charge in [0.2, 0.25) is 0 Å². The molecule has 1 aliphatic heterocycles. The number of anilines is 1. The van der Waals surface area contributed by atoms with E-state index in [1.54, 1.807) is 0 Å². The van der Waals surface area contributed by atoms with Gasteiger partial charge >= 0.3 is 0 Å². The molecule has 1 aliphatic carbocycles. The summed E-state index contributed by atoms with van der Waals surface area (Å²) >= 11 is 0. The van der Waals surface area contributed by atoms with Crippen molar-refractivity contribution < 1.29 is 4.79 Å². The zero-order chi connectivity index (χ0) is 19.8. The van der Waals surface area contributed by atoms with E-state index in [2.05, 4.69) is 54.7 Å². The fourth-order valence-corrected chi connectivity index (χ4v) is 4.70. The van der Waals surface area contributed by atoms with Gasteiger partial charge in [0.1, 0.15) is 5.78 Å². The van der Waals surface area contributed by atoms with Crippen molar-refractivity contribution in [2.24, 2.45) is 10.9 Å². The van der Waals surface area contributed by atoms with Crippen LogP contribution in [-0.2, 0) is 4.79 Å². The van der Waals surface area contributed by atoms with Crippen LogP contribution in [0.4, 0.5) is 11.4 Å². The second-order valence-corrected chi connectivity index (χ2v) is 8.12. The third-order valence-electron chi connectivity index (χ3n) is 6.09. The molecule has 0 amide bonds. The average Bonchev–Trinajstić information content (AvgIpc) is 2.91. The molecule has 0 saturated heterocycles. The topological polar surface area (TPSA) is 41.5 Å². The molecule has 5 rings (SSSR count). The smallest absolute Gasteiger partial charge is 0.144 e. The second-order valence-electron chi connectivity index (χ2n) is 8.12. The summed E-state index contributed by atoms with van der Waals surface area (Å²) in [7, 11) is 0. The summed E-state index contributed by atoms with van der Waals surface area (Å²) in [6, 6.07) is 26.8. The van der Waals surface area contributed by atoms with Crippen molar-refractivity contribution >= 4 is 22.9 Å². The highest BCUT2D eigenvalue weighted by atomic mass is 16.1. The van der Waals surface area contributed by atoms with Gasteiger partial charge in [-0.2, -0.15) is 0 Å². The van der Waals surface area contributed by atoms with Crippen LogP contribution in [0.2, 0.25) is 0 Å². The van der Waals surface area contributed by atoms with Gasteiger partial charge in [0, 0.05) is 12.1 Å². The molecule has 3 unspecified atom stereocenters. The average molecular weight is 380 g/mol. The van der Waals surface area contributed by atoms with Crippen molar-refractivity contribution in [2.75, 3.05) is 5.32 Å². The van der Waals surface area contributed by atoms with Crippen LogP contribution in [0.1, 0.15) is 41.5 Å². The van der Waals surface area contributed by atoms with Crippen LogP contribution < -0.4 is 5.32 Å². The number of Topliss-reactive ketones (excluding diaryl/α,β-unsaturated/α-hetero) is 1. The van der Waals surface area contributed by atoms with E-state index in [0.29, 0.717) is 6.42 Å². The largest absolute Gasteiger partial charge is 0.375 e. The first-order chi connectivity index (χ1) is 14.2. The summed E-state index contributed by atoms with van der Waals surface area (Å²) in [5.74, 6) is 0.238. The molecule has 144 valence electrons. The van der Waals surface area contributed by atoms with E-state index < -0.39 is 0 Å². The quantitative estimate of drug-likeness (QED) is 0.593. The SMILES string of the molecule is Cc1cccc(C2Nc3ccccc3N=C3CC(c4ccccc4)CC(=O)C32)c1. The molecule has 3 heteroatoms. The van der Waals surface area contributed by atoms with Crippen molar-refractivity contribution in [3.63, 3.8) is 0 Å². The monoisotopic (exact) mass is 380 g/mol. The molecule has 3 aromatic rings. The van der Waals surface area contributed by atoms with E-state index in [0.717, 1.165) is 29.1 Å². The van der Waals surface area contributed by atoms with E-state index in [-0.39, 0.29) is 23.7 Å². The van der Waals surface area contributed by atoms with Gasteiger partial charge < -0.3 is 5.32 Å². The molecule has 0 aromatic heterocycles. The third-order valence-corrected chi connectivity index (χ3v) is 6.09. The second kappa shape index (κ2) is 7.32. The number of hydrogen-bond donors (Lipinski definition) is 1. The lowest BCUT2D eigenvalue weighted by molar-refractivity contribution is -0.122. The number of rotatable bonds is 2. The highest BCUT2D eigenvalue weighted by Crippen LogP contribution is 2.43. The van der Waals surface area contributed by atoms with Crippen molar-refractivity contribution in [1.29, 1.82) is 0 Å². The molecular weight excluding hydrogens is 356 g/mol. The molecule has 0 bridgehead atoms. The van der Waals surface area contributed by atoms with E-state index in [1.165, 1.54) is 11.1 Å². The zero-order valence-corrected chi connectivity index (χ0v) is 16.5. The van der Waals surface area contributed by atoms with Gasteiger partial charge in [-0.3, -0.25) is 9.79 Å². The Morgan fingerprint density at radius 2 is 1.62 bits per heavy atom. The minimum atomic E-state index is -0.232. The van der Waals surface area contributed by atoms with Gasteiger partial charge in [-0.1, -0.05) is 72.3 Å². The number of benzene rings is 3. The number of hydrogen-bond acceptors (Lipinski definition) is 3. The number of aryl methyl sites for hydroxylation is 1. The predicted octanol–water partition coefficient (Wildman–Crippen LogP) is 6.00. The first-order valence-corrected chi connectivity index (χ1v) is 10.3. The number of ketones is 1. The van der Waals surface area contributed by atoms with Crippen molar-refractivity contribution in [2.45, 2.75) is 31.7 Å². The summed E-state index contributed by atoms with van der Waals surface area (Å²) < 4.78 is 0. The lowest BCUT2D eigenvalue weighted by Crippen LogP contribution is -2.38. The summed E-state index contributed by atoms with van der Waals surface area (Å²) in [6.45, 7) is 2.09. The van der Waals surface area contributed by atoms with Gasteiger partial charge in [0.15, 0.2) is 0 Å². The number of aliphatic imine (C=N–C) groups is 1. The van der Waals surface area contributed by atoms with E-state index in [1.807, 2.05) is 36.4 Å². The Morgan fingerprint density at radius 1 is 0.862 bits per heavy atom. The molecular formula is C26H24N2O. The molecule has 1 N–H and O–H groups in total. The first-order valence-electron chi connectivity index (χ1n) is 10.3. The van der Waals surface area contributed by atoms with E-state index in [9.17, 15) is 4.79 Å². The predicted molar refractivity (Wildman–Crippen MR) is 118 cm³/mol. The number of carbonyl (C=O) groups is 1. The lowest BCUT2D eigenvalue weighted by Gasteiger charge is -2.34. The van der Waals surface area contributed by atoms with Crippen LogP contribution in [0.3, 0.4) is 0 Å². The molecule has 2 aliphatic rings. The van der Waals surface area contributed by atoms with Crippen molar-refractivity contribution in [1.82, 2.24) is 0 Å². The Kier molecular flexibility index (Phi) is 4.51. The van der Waals surface area contributed by atoms with E-state index >= 15 is 0 Å². The summed E-state index contributed by atoms with van der Waals surface area (Å²) in [6.07, 6.45) is 1.38. The van der Waals surface area contributed by atoms with Gasteiger partial charge in [0.25, 0.3) is 0 Å². The summed E-state index contributed by atoms with van der Waals surface area (Å²) in [5, 5.41) is 3.65. The molecule has 1 saturated carbocycles. The van der Waals surface area contributed by atoms with Crippen LogP contribution in [-0.4, -0.2) is 11.5 Å². The molecule has 0 spiro atoms. The number of para-hydroxylation sites is 2. The van der Waals surface area contributed by atoms with Crippen molar-refractivity contribution in [3.05, 3.63) is 95.6 Å². The fourth-order valence-electron chi connectivity index (χ4n) is 4.70. The maximum atomic E-state index is 13.5. The molecule has 3 aromatic carbocycles. The van der Waals surface area contributed by atoms with E-state index in [4.69, 9.17) is 4.99 Å². The number of carbonyl (C=O) groups excluding carboxylic acids is 1.